The molecule has 18 heavy (non-hydrogen) atoms. The SMILES string of the molecule is CNC(CC1Cc2ccccc21)c1occc1C. The van der Waals surface area contributed by atoms with Gasteiger partial charge >= 0.3 is 0 Å². The molecular weight excluding hydrogens is 222 g/mol. The lowest BCUT2D eigenvalue weighted by Gasteiger charge is -2.32. The number of hydrogen-bond donors (Lipinski definition) is 1. The van der Waals surface area contributed by atoms with E-state index in [4.69, 9.17) is 4.42 Å². The minimum atomic E-state index is 0.318. The highest BCUT2D eigenvalue weighted by molar-refractivity contribution is 5.40. The molecule has 1 heterocycles. The summed E-state index contributed by atoms with van der Waals surface area (Å²) in [6.45, 7) is 2.11. The minimum absolute atomic E-state index is 0.318. The molecule has 2 atom stereocenters. The summed E-state index contributed by atoms with van der Waals surface area (Å²) in [6.07, 6.45) is 4.10. The van der Waals surface area contributed by atoms with Gasteiger partial charge in [-0.05, 0) is 55.5 Å². The summed E-state index contributed by atoms with van der Waals surface area (Å²) in [5.74, 6) is 1.75. The Balaban J connectivity index is 1.76. The fourth-order valence-electron chi connectivity index (χ4n) is 2.95. The highest BCUT2D eigenvalue weighted by Crippen LogP contribution is 2.41. The maximum absolute atomic E-state index is 5.61. The number of fused-ring (bicyclic) bond motifs is 1. The van der Waals surface area contributed by atoms with E-state index in [1.807, 2.05) is 13.1 Å². The first-order chi connectivity index (χ1) is 8.79. The van der Waals surface area contributed by atoms with Crippen molar-refractivity contribution < 1.29 is 4.42 Å². The van der Waals surface area contributed by atoms with E-state index in [-0.39, 0.29) is 0 Å². The lowest BCUT2D eigenvalue weighted by Crippen LogP contribution is -2.25. The van der Waals surface area contributed by atoms with Crippen molar-refractivity contribution in [1.29, 1.82) is 0 Å². The fraction of sp³-hybridized carbons (Fsp3) is 0.375. The van der Waals surface area contributed by atoms with Gasteiger partial charge in [-0.2, -0.15) is 0 Å². The first-order valence-electron chi connectivity index (χ1n) is 6.58. The summed E-state index contributed by atoms with van der Waals surface area (Å²) in [7, 11) is 2.01. The van der Waals surface area contributed by atoms with Crippen molar-refractivity contribution >= 4 is 0 Å². The molecule has 1 aliphatic carbocycles. The second kappa shape index (κ2) is 4.62. The molecule has 0 radical (unpaired) electrons. The van der Waals surface area contributed by atoms with Crippen molar-refractivity contribution in [2.45, 2.75) is 31.7 Å². The summed E-state index contributed by atoms with van der Waals surface area (Å²) in [5, 5.41) is 3.38. The Morgan fingerprint density at radius 3 is 2.83 bits per heavy atom. The van der Waals surface area contributed by atoms with E-state index in [0.29, 0.717) is 12.0 Å². The quantitative estimate of drug-likeness (QED) is 0.885. The van der Waals surface area contributed by atoms with Crippen LogP contribution in [0.3, 0.4) is 0 Å². The van der Waals surface area contributed by atoms with Gasteiger partial charge in [0.15, 0.2) is 0 Å². The van der Waals surface area contributed by atoms with Crippen LogP contribution in [0.2, 0.25) is 0 Å². The molecule has 1 aromatic heterocycles. The lowest BCUT2D eigenvalue weighted by atomic mass is 9.74. The van der Waals surface area contributed by atoms with Crippen molar-refractivity contribution in [2.24, 2.45) is 0 Å². The maximum Gasteiger partial charge on any atom is 0.123 e. The molecule has 3 rings (SSSR count). The Hall–Kier alpha value is -1.54. The molecular formula is C16H19NO. The zero-order valence-electron chi connectivity index (χ0n) is 10.9. The van der Waals surface area contributed by atoms with Gasteiger partial charge in [0.1, 0.15) is 5.76 Å². The molecule has 2 nitrogen and oxygen atoms in total. The Labute approximate surface area is 108 Å². The minimum Gasteiger partial charge on any atom is -0.467 e. The summed E-state index contributed by atoms with van der Waals surface area (Å²) in [6, 6.07) is 11.1. The van der Waals surface area contributed by atoms with Crippen LogP contribution in [0.5, 0.6) is 0 Å². The normalized spacial score (nSPS) is 19.1. The Kier molecular flexibility index (Phi) is 2.96. The number of nitrogens with one attached hydrogen (secondary N) is 1. The standard InChI is InChI=1S/C16H19NO/c1-11-7-8-18-16(11)15(17-2)10-13-9-12-5-3-4-6-14(12)13/h3-8,13,15,17H,9-10H2,1-2H3. The van der Waals surface area contributed by atoms with Gasteiger partial charge in [0.2, 0.25) is 0 Å². The summed E-state index contributed by atoms with van der Waals surface area (Å²) in [4.78, 5) is 0. The third-order valence-electron chi connectivity index (χ3n) is 4.05. The van der Waals surface area contributed by atoms with Crippen LogP contribution in [-0.4, -0.2) is 7.05 Å². The largest absolute Gasteiger partial charge is 0.467 e. The van der Waals surface area contributed by atoms with Gasteiger partial charge in [-0.15, -0.1) is 0 Å². The van der Waals surface area contributed by atoms with E-state index >= 15 is 0 Å². The molecule has 2 unspecified atom stereocenters. The molecule has 0 aliphatic heterocycles. The predicted octanol–water partition coefficient (Wildman–Crippen LogP) is 3.58. The van der Waals surface area contributed by atoms with Crippen LogP contribution in [0.1, 0.15) is 40.8 Å². The van der Waals surface area contributed by atoms with Gasteiger partial charge in [-0.1, -0.05) is 24.3 Å². The van der Waals surface area contributed by atoms with E-state index in [9.17, 15) is 0 Å². The summed E-state index contributed by atoms with van der Waals surface area (Å²) >= 11 is 0. The second-order valence-corrected chi connectivity index (χ2v) is 5.14. The highest BCUT2D eigenvalue weighted by atomic mass is 16.3. The third kappa shape index (κ3) is 1.87. The van der Waals surface area contributed by atoms with E-state index in [1.54, 1.807) is 6.26 Å². The molecule has 2 aromatic rings. The zero-order valence-corrected chi connectivity index (χ0v) is 10.9. The highest BCUT2D eigenvalue weighted by Gasteiger charge is 2.29. The topological polar surface area (TPSA) is 25.2 Å². The number of hydrogen-bond acceptors (Lipinski definition) is 2. The van der Waals surface area contributed by atoms with E-state index in [1.165, 1.54) is 23.1 Å². The average Bonchev–Trinajstić information content (AvgIpc) is 2.77. The first kappa shape index (κ1) is 11.5. The van der Waals surface area contributed by atoms with Crippen molar-refractivity contribution in [3.05, 3.63) is 59.0 Å². The Morgan fingerprint density at radius 2 is 2.17 bits per heavy atom. The number of aryl methyl sites for hydroxylation is 1. The Bertz CT molecular complexity index is 544. The van der Waals surface area contributed by atoms with Gasteiger partial charge in [-0.3, -0.25) is 0 Å². The average molecular weight is 241 g/mol. The van der Waals surface area contributed by atoms with Crippen LogP contribution in [0.15, 0.2) is 41.0 Å². The maximum atomic E-state index is 5.61. The molecule has 0 saturated heterocycles. The van der Waals surface area contributed by atoms with Crippen LogP contribution in [-0.2, 0) is 6.42 Å². The molecule has 1 aliphatic rings. The monoisotopic (exact) mass is 241 g/mol. The number of rotatable bonds is 4. The molecule has 94 valence electrons. The van der Waals surface area contributed by atoms with E-state index in [2.05, 4.69) is 36.5 Å². The van der Waals surface area contributed by atoms with Crippen molar-refractivity contribution in [2.75, 3.05) is 7.05 Å². The van der Waals surface area contributed by atoms with E-state index in [0.717, 1.165) is 12.2 Å². The third-order valence-corrected chi connectivity index (χ3v) is 4.05. The molecule has 0 bridgehead atoms. The van der Waals surface area contributed by atoms with Crippen LogP contribution < -0.4 is 5.32 Å². The molecule has 1 N–H and O–H groups in total. The van der Waals surface area contributed by atoms with Crippen molar-refractivity contribution in [3.63, 3.8) is 0 Å². The first-order valence-corrected chi connectivity index (χ1v) is 6.58. The van der Waals surface area contributed by atoms with Crippen molar-refractivity contribution in [3.8, 4) is 0 Å². The molecule has 0 fully saturated rings. The molecule has 0 amide bonds. The van der Waals surface area contributed by atoms with Gasteiger partial charge in [0.25, 0.3) is 0 Å². The van der Waals surface area contributed by atoms with Gasteiger partial charge in [-0.25, -0.2) is 0 Å². The molecule has 0 saturated carbocycles. The fourth-order valence-corrected chi connectivity index (χ4v) is 2.95. The van der Waals surface area contributed by atoms with Gasteiger partial charge in [0.05, 0.1) is 12.3 Å². The molecule has 1 aromatic carbocycles. The number of benzene rings is 1. The Morgan fingerprint density at radius 1 is 1.33 bits per heavy atom. The number of furan rings is 1. The molecule has 2 heteroatoms. The second-order valence-electron chi connectivity index (χ2n) is 5.14. The van der Waals surface area contributed by atoms with Crippen molar-refractivity contribution in [1.82, 2.24) is 5.32 Å². The van der Waals surface area contributed by atoms with E-state index < -0.39 is 0 Å². The smallest absolute Gasteiger partial charge is 0.123 e. The zero-order chi connectivity index (χ0) is 12.5. The van der Waals surface area contributed by atoms with Gasteiger partial charge in [0, 0.05) is 0 Å². The predicted molar refractivity (Wildman–Crippen MR) is 72.7 cm³/mol. The van der Waals surface area contributed by atoms with Crippen LogP contribution >= 0.6 is 0 Å². The van der Waals surface area contributed by atoms with Gasteiger partial charge < -0.3 is 9.73 Å². The summed E-state index contributed by atoms with van der Waals surface area (Å²) < 4.78 is 5.61. The van der Waals surface area contributed by atoms with Crippen LogP contribution in [0.25, 0.3) is 0 Å². The van der Waals surface area contributed by atoms with Crippen LogP contribution in [0, 0.1) is 6.92 Å². The summed E-state index contributed by atoms with van der Waals surface area (Å²) in [5.41, 5.74) is 4.26. The molecule has 0 spiro atoms. The lowest BCUT2D eigenvalue weighted by molar-refractivity contribution is 0.377. The van der Waals surface area contributed by atoms with Crippen LogP contribution in [0.4, 0.5) is 0 Å².